The number of hydrogen-bond acceptors (Lipinski definition) is 1. The molecule has 2 nitrogen and oxygen atoms in total. The Hall–Kier alpha value is -0.300. The highest BCUT2D eigenvalue weighted by Crippen LogP contribution is 1.84. The average Bonchev–Trinajstić information content (AvgIpc) is 1.30. The summed E-state index contributed by atoms with van der Waals surface area (Å²) in [6, 6.07) is 0. The third kappa shape index (κ3) is 9.20. The maximum atomic E-state index is 9.62. The molecule has 0 N–H and O–H groups in total. The molecule has 0 rings (SSSR count). The fourth-order valence-electron chi connectivity index (χ4n) is 0.158. The second-order valence-corrected chi connectivity index (χ2v) is 2.36. The Morgan fingerprint density at radius 2 is 1.75 bits per heavy atom. The Morgan fingerprint density at radius 1 is 1.38 bits per heavy atom. The van der Waals surface area contributed by atoms with E-state index in [0.29, 0.717) is 4.48 Å². The molecule has 0 atom stereocenters. The predicted octanol–water partition coefficient (Wildman–Crippen LogP) is -2.96. The number of rotatable bonds is 1. The highest BCUT2D eigenvalue weighted by Gasteiger charge is 1.97. The molecule has 0 aromatic carbocycles. The largest absolute Gasteiger partial charge is 1.00 e. The second-order valence-electron chi connectivity index (χ2n) is 2.36. The molecule has 0 saturated heterocycles. The van der Waals surface area contributed by atoms with Crippen molar-refractivity contribution in [1.29, 1.82) is 0 Å². The van der Waals surface area contributed by atoms with Gasteiger partial charge in [0.2, 0.25) is 0 Å². The molecule has 0 unspecified atom stereocenters. The summed E-state index contributed by atoms with van der Waals surface area (Å²) in [5.74, 6) is 1.70. The highest BCUT2D eigenvalue weighted by molar-refractivity contribution is 5.42. The van der Waals surface area contributed by atoms with Crippen molar-refractivity contribution in [3.05, 3.63) is 6.20 Å². The minimum absolute atomic E-state index is 0. The zero-order chi connectivity index (χ0) is 5.91. The molecule has 3 heteroatoms. The molecule has 0 saturated carbocycles. The number of hydrogen-bond donors (Lipinski definition) is 0. The van der Waals surface area contributed by atoms with Crippen LogP contribution in [0.4, 0.5) is 0 Å². The fraction of sp³-hybridized carbons (Fsp3) is 0.600. The van der Waals surface area contributed by atoms with Crippen molar-refractivity contribution in [3.63, 3.8) is 0 Å². The zero-order valence-corrected chi connectivity index (χ0v) is 6.07. The SMILES string of the molecule is C[N+](C)(C)C=C=O.[Cl-]. The van der Waals surface area contributed by atoms with E-state index < -0.39 is 0 Å². The summed E-state index contributed by atoms with van der Waals surface area (Å²) in [6.07, 6.45) is 1.44. The van der Waals surface area contributed by atoms with Gasteiger partial charge >= 0.3 is 0 Å². The minimum atomic E-state index is 0. The Labute approximate surface area is 55.8 Å². The van der Waals surface area contributed by atoms with Crippen LogP contribution >= 0.6 is 0 Å². The van der Waals surface area contributed by atoms with Gasteiger partial charge in [-0.15, -0.1) is 0 Å². The van der Waals surface area contributed by atoms with Crippen LogP contribution in [0.3, 0.4) is 0 Å². The van der Waals surface area contributed by atoms with Crippen molar-refractivity contribution in [2.24, 2.45) is 0 Å². The summed E-state index contributed by atoms with van der Waals surface area (Å²) >= 11 is 0. The summed E-state index contributed by atoms with van der Waals surface area (Å²) in [5.41, 5.74) is 0. The lowest BCUT2D eigenvalue weighted by atomic mass is 10.7. The lowest BCUT2D eigenvalue weighted by molar-refractivity contribution is -0.815. The first-order chi connectivity index (χ1) is 3.06. The van der Waals surface area contributed by atoms with Crippen LogP contribution < -0.4 is 12.4 Å². The summed E-state index contributed by atoms with van der Waals surface area (Å²) < 4.78 is 0.545. The van der Waals surface area contributed by atoms with Gasteiger partial charge < -0.3 is 12.4 Å². The summed E-state index contributed by atoms with van der Waals surface area (Å²) in [5, 5.41) is 0. The number of nitrogens with zero attached hydrogens (tertiary/aromatic N) is 1. The van der Waals surface area contributed by atoms with Crippen molar-refractivity contribution in [2.45, 2.75) is 0 Å². The van der Waals surface area contributed by atoms with Crippen LogP contribution in [0.5, 0.6) is 0 Å². The van der Waals surface area contributed by atoms with Crippen molar-refractivity contribution in [2.75, 3.05) is 21.1 Å². The molecule has 0 spiro atoms. The maximum Gasteiger partial charge on any atom is 0.183 e. The maximum absolute atomic E-state index is 9.62. The van der Waals surface area contributed by atoms with Crippen molar-refractivity contribution >= 4 is 5.94 Å². The van der Waals surface area contributed by atoms with E-state index in [2.05, 4.69) is 0 Å². The predicted molar refractivity (Wildman–Crippen MR) is 28.3 cm³/mol. The van der Waals surface area contributed by atoms with E-state index in [9.17, 15) is 4.79 Å². The van der Waals surface area contributed by atoms with Gasteiger partial charge in [0.1, 0.15) is 0 Å². The van der Waals surface area contributed by atoms with E-state index in [-0.39, 0.29) is 12.4 Å². The molecular formula is C5H10ClNO. The normalized spacial score (nSPS) is 8.88. The average molecular weight is 136 g/mol. The molecule has 0 fully saturated rings. The van der Waals surface area contributed by atoms with Gasteiger partial charge in [0.25, 0.3) is 0 Å². The van der Waals surface area contributed by atoms with Gasteiger partial charge in [0.05, 0.1) is 21.1 Å². The van der Waals surface area contributed by atoms with E-state index in [0.717, 1.165) is 0 Å². The molecule has 0 heterocycles. The standard InChI is InChI=1S/C5H10NO.ClH/c1-6(2,3)4-5-7;/h4H,1-3H3;1H/q+1;/p-1. The van der Waals surface area contributed by atoms with E-state index in [4.69, 9.17) is 0 Å². The molecule has 0 aromatic rings. The molecule has 0 aliphatic rings. The third-order valence-corrected chi connectivity index (χ3v) is 0.440. The van der Waals surface area contributed by atoms with Crippen molar-refractivity contribution in [3.8, 4) is 0 Å². The Bertz CT molecular complexity index is 99.5. The van der Waals surface area contributed by atoms with Gasteiger partial charge in [-0.3, -0.25) is 4.48 Å². The van der Waals surface area contributed by atoms with Gasteiger partial charge in [0.15, 0.2) is 12.1 Å². The molecule has 0 amide bonds. The number of halogens is 1. The van der Waals surface area contributed by atoms with E-state index in [1.165, 1.54) is 6.20 Å². The lowest BCUT2D eigenvalue weighted by Gasteiger charge is -2.13. The first kappa shape index (κ1) is 10.6. The van der Waals surface area contributed by atoms with E-state index in [1.807, 2.05) is 21.1 Å². The second kappa shape index (κ2) is 3.67. The Balaban J connectivity index is 0. The number of quaternary nitrogens is 1. The van der Waals surface area contributed by atoms with Crippen LogP contribution in [0.1, 0.15) is 0 Å². The topological polar surface area (TPSA) is 17.1 Å². The van der Waals surface area contributed by atoms with Gasteiger partial charge in [-0.25, -0.2) is 4.79 Å². The van der Waals surface area contributed by atoms with Crippen molar-refractivity contribution in [1.82, 2.24) is 0 Å². The van der Waals surface area contributed by atoms with Gasteiger partial charge in [0, 0.05) is 0 Å². The Kier molecular flexibility index (Phi) is 4.88. The summed E-state index contributed by atoms with van der Waals surface area (Å²) in [4.78, 5) is 9.62. The molecular weight excluding hydrogens is 126 g/mol. The molecule has 0 aliphatic heterocycles. The minimum Gasteiger partial charge on any atom is -1.00 e. The highest BCUT2D eigenvalue weighted by atomic mass is 35.5. The van der Waals surface area contributed by atoms with Gasteiger partial charge in [-0.1, -0.05) is 0 Å². The third-order valence-electron chi connectivity index (χ3n) is 0.440. The van der Waals surface area contributed by atoms with Gasteiger partial charge in [-0.2, -0.15) is 0 Å². The van der Waals surface area contributed by atoms with Crippen LogP contribution in [0.2, 0.25) is 0 Å². The molecule has 0 aliphatic carbocycles. The van der Waals surface area contributed by atoms with Crippen LogP contribution in [-0.4, -0.2) is 31.6 Å². The Morgan fingerprint density at radius 3 is 1.75 bits per heavy atom. The molecule has 0 radical (unpaired) electrons. The molecule has 48 valence electrons. The van der Waals surface area contributed by atoms with Crippen LogP contribution in [0, 0.1) is 0 Å². The van der Waals surface area contributed by atoms with Crippen LogP contribution in [-0.2, 0) is 4.79 Å². The number of carbonyl (C=O) groups excluding carboxylic acids is 1. The van der Waals surface area contributed by atoms with Crippen LogP contribution in [0.15, 0.2) is 6.20 Å². The summed E-state index contributed by atoms with van der Waals surface area (Å²) in [7, 11) is 5.68. The summed E-state index contributed by atoms with van der Waals surface area (Å²) in [6.45, 7) is 0. The monoisotopic (exact) mass is 135 g/mol. The fourth-order valence-corrected chi connectivity index (χ4v) is 0.158. The van der Waals surface area contributed by atoms with E-state index in [1.54, 1.807) is 5.94 Å². The van der Waals surface area contributed by atoms with Crippen LogP contribution in [0.25, 0.3) is 0 Å². The van der Waals surface area contributed by atoms with Crippen molar-refractivity contribution < 1.29 is 21.7 Å². The van der Waals surface area contributed by atoms with Gasteiger partial charge in [-0.05, 0) is 0 Å². The first-order valence-electron chi connectivity index (χ1n) is 2.09. The first-order valence-corrected chi connectivity index (χ1v) is 2.09. The zero-order valence-electron chi connectivity index (χ0n) is 5.31. The molecule has 0 bridgehead atoms. The quantitative estimate of drug-likeness (QED) is 0.278. The molecule has 8 heavy (non-hydrogen) atoms. The lowest BCUT2D eigenvalue weighted by Crippen LogP contribution is -3.00. The smallest absolute Gasteiger partial charge is 0.183 e. The molecule has 0 aromatic heterocycles. The van der Waals surface area contributed by atoms with E-state index >= 15 is 0 Å².